The summed E-state index contributed by atoms with van der Waals surface area (Å²) >= 11 is 0. The average Bonchev–Trinajstić information content (AvgIpc) is 2.38. The maximum Gasteiger partial charge on any atom is 0.0810 e. The van der Waals surface area contributed by atoms with Crippen molar-refractivity contribution in [1.82, 2.24) is 5.32 Å². The summed E-state index contributed by atoms with van der Waals surface area (Å²) in [6, 6.07) is 0. The van der Waals surface area contributed by atoms with Crippen LogP contribution in [0.5, 0.6) is 0 Å². The van der Waals surface area contributed by atoms with Gasteiger partial charge in [-0.15, -0.1) is 0 Å². The molecule has 0 saturated heterocycles. The molecule has 2 unspecified atom stereocenters. The van der Waals surface area contributed by atoms with Crippen molar-refractivity contribution < 1.29 is 4.74 Å². The van der Waals surface area contributed by atoms with Crippen molar-refractivity contribution in [1.29, 1.82) is 0 Å². The van der Waals surface area contributed by atoms with Crippen LogP contribution >= 0.6 is 0 Å². The van der Waals surface area contributed by atoms with Gasteiger partial charge in [-0.1, -0.05) is 40.0 Å². The fraction of sp³-hybridized carbons (Fsp3) is 1.00. The van der Waals surface area contributed by atoms with Gasteiger partial charge in [0.2, 0.25) is 0 Å². The molecule has 1 N–H and O–H groups in total. The van der Waals surface area contributed by atoms with E-state index >= 15 is 0 Å². The molecule has 0 radical (unpaired) electrons. The van der Waals surface area contributed by atoms with Crippen LogP contribution in [0.4, 0.5) is 0 Å². The zero-order valence-electron chi connectivity index (χ0n) is 13.9. The van der Waals surface area contributed by atoms with Crippen LogP contribution in [0.2, 0.25) is 0 Å². The molecule has 2 rings (SSSR count). The van der Waals surface area contributed by atoms with Crippen LogP contribution in [0, 0.1) is 11.8 Å². The van der Waals surface area contributed by atoms with Gasteiger partial charge in [-0.05, 0) is 56.9 Å². The van der Waals surface area contributed by atoms with Crippen molar-refractivity contribution in [2.24, 2.45) is 11.8 Å². The van der Waals surface area contributed by atoms with E-state index < -0.39 is 0 Å². The molecule has 2 aliphatic rings. The predicted octanol–water partition coefficient (Wildman–Crippen LogP) is 4.53. The Morgan fingerprint density at radius 2 is 1.65 bits per heavy atom. The number of hydrogen-bond donors (Lipinski definition) is 1. The molecule has 0 amide bonds. The summed E-state index contributed by atoms with van der Waals surface area (Å²) in [5.74, 6) is 1.68. The van der Waals surface area contributed by atoms with E-state index in [0.29, 0.717) is 6.10 Å². The van der Waals surface area contributed by atoms with Gasteiger partial charge >= 0.3 is 0 Å². The minimum atomic E-state index is 0.148. The Hall–Kier alpha value is -0.0800. The lowest BCUT2D eigenvalue weighted by atomic mass is 9.80. The maximum atomic E-state index is 6.74. The molecule has 20 heavy (non-hydrogen) atoms. The summed E-state index contributed by atoms with van der Waals surface area (Å²) in [5, 5.41) is 3.63. The molecule has 2 saturated carbocycles. The summed E-state index contributed by atoms with van der Waals surface area (Å²) in [4.78, 5) is 0. The molecule has 2 fully saturated rings. The van der Waals surface area contributed by atoms with Crippen LogP contribution in [0.15, 0.2) is 0 Å². The summed E-state index contributed by atoms with van der Waals surface area (Å²) in [6.45, 7) is 9.23. The lowest BCUT2D eigenvalue weighted by Crippen LogP contribution is -2.48. The van der Waals surface area contributed by atoms with Crippen LogP contribution in [0.25, 0.3) is 0 Å². The molecule has 0 bridgehead atoms. The van der Waals surface area contributed by atoms with Crippen molar-refractivity contribution in [2.75, 3.05) is 13.1 Å². The number of ether oxygens (including phenoxy) is 1. The second kappa shape index (κ2) is 7.79. The van der Waals surface area contributed by atoms with Gasteiger partial charge in [0.25, 0.3) is 0 Å². The number of rotatable bonds is 6. The highest BCUT2D eigenvalue weighted by Crippen LogP contribution is 2.37. The second-order valence-electron chi connectivity index (χ2n) is 7.58. The maximum absolute atomic E-state index is 6.74. The lowest BCUT2D eigenvalue weighted by Gasteiger charge is -2.43. The first-order valence-electron chi connectivity index (χ1n) is 9.02. The molecule has 0 spiro atoms. The molecule has 0 aromatic carbocycles. The lowest BCUT2D eigenvalue weighted by molar-refractivity contribution is -0.131. The minimum absolute atomic E-state index is 0.148. The van der Waals surface area contributed by atoms with E-state index in [2.05, 4.69) is 26.1 Å². The van der Waals surface area contributed by atoms with Gasteiger partial charge in [0, 0.05) is 6.54 Å². The SMILES string of the molecule is CCCNCC1(OC2CC(C)CC(C)C2)CCCCC1. The number of nitrogens with one attached hydrogen (secondary N) is 1. The largest absolute Gasteiger partial charge is 0.370 e. The number of hydrogen-bond acceptors (Lipinski definition) is 2. The van der Waals surface area contributed by atoms with Gasteiger partial charge < -0.3 is 10.1 Å². The van der Waals surface area contributed by atoms with Crippen LogP contribution in [0.3, 0.4) is 0 Å². The summed E-state index contributed by atoms with van der Waals surface area (Å²) in [6.07, 6.45) is 12.3. The first-order valence-corrected chi connectivity index (χ1v) is 9.02. The van der Waals surface area contributed by atoms with Crippen LogP contribution in [-0.2, 0) is 4.74 Å². The molecule has 0 aromatic rings. The molecule has 2 atom stereocenters. The standard InChI is InChI=1S/C18H35NO/c1-4-10-19-14-18(8-6-5-7-9-18)20-17-12-15(2)11-16(3)13-17/h15-17,19H,4-14H2,1-3H3. The first-order chi connectivity index (χ1) is 9.63. The summed E-state index contributed by atoms with van der Waals surface area (Å²) in [7, 11) is 0. The van der Waals surface area contributed by atoms with E-state index in [0.717, 1.165) is 24.9 Å². The monoisotopic (exact) mass is 281 g/mol. The van der Waals surface area contributed by atoms with Gasteiger partial charge in [0.05, 0.1) is 11.7 Å². The third kappa shape index (κ3) is 4.73. The van der Waals surface area contributed by atoms with Crippen molar-refractivity contribution in [3.05, 3.63) is 0 Å². The minimum Gasteiger partial charge on any atom is -0.370 e. The molecule has 2 aliphatic carbocycles. The third-order valence-electron chi connectivity index (χ3n) is 5.19. The van der Waals surface area contributed by atoms with Crippen molar-refractivity contribution in [3.8, 4) is 0 Å². The fourth-order valence-electron chi connectivity index (χ4n) is 4.35. The fourth-order valence-corrected chi connectivity index (χ4v) is 4.35. The van der Waals surface area contributed by atoms with Crippen molar-refractivity contribution >= 4 is 0 Å². The average molecular weight is 281 g/mol. The molecule has 2 nitrogen and oxygen atoms in total. The Bertz CT molecular complexity index is 263. The van der Waals surface area contributed by atoms with E-state index in [4.69, 9.17) is 4.74 Å². The topological polar surface area (TPSA) is 21.3 Å². The van der Waals surface area contributed by atoms with Crippen LogP contribution in [-0.4, -0.2) is 24.8 Å². The van der Waals surface area contributed by atoms with Gasteiger partial charge in [-0.3, -0.25) is 0 Å². The van der Waals surface area contributed by atoms with E-state index in [9.17, 15) is 0 Å². The molecular formula is C18H35NO. The van der Waals surface area contributed by atoms with Gasteiger partial charge in [-0.25, -0.2) is 0 Å². The molecular weight excluding hydrogens is 246 g/mol. The van der Waals surface area contributed by atoms with Crippen molar-refractivity contribution in [3.63, 3.8) is 0 Å². The van der Waals surface area contributed by atoms with E-state index in [1.807, 2.05) is 0 Å². The smallest absolute Gasteiger partial charge is 0.0810 e. The Morgan fingerprint density at radius 1 is 1.00 bits per heavy atom. The van der Waals surface area contributed by atoms with Crippen LogP contribution < -0.4 is 5.32 Å². The second-order valence-corrected chi connectivity index (χ2v) is 7.58. The molecule has 0 aliphatic heterocycles. The quantitative estimate of drug-likeness (QED) is 0.722. The van der Waals surface area contributed by atoms with Crippen LogP contribution in [0.1, 0.15) is 78.6 Å². The highest BCUT2D eigenvalue weighted by Gasteiger charge is 2.37. The molecule has 2 heteroatoms. The zero-order chi connectivity index (χ0) is 14.4. The predicted molar refractivity (Wildman–Crippen MR) is 86.0 cm³/mol. The Kier molecular flexibility index (Phi) is 6.35. The first kappa shape index (κ1) is 16.3. The highest BCUT2D eigenvalue weighted by molar-refractivity contribution is 4.89. The van der Waals surface area contributed by atoms with E-state index in [1.54, 1.807) is 0 Å². The van der Waals surface area contributed by atoms with Gasteiger partial charge in [0.1, 0.15) is 0 Å². The van der Waals surface area contributed by atoms with Crippen molar-refractivity contribution in [2.45, 2.75) is 90.3 Å². The Labute approximate surface area is 126 Å². The summed E-state index contributed by atoms with van der Waals surface area (Å²) in [5.41, 5.74) is 0.148. The summed E-state index contributed by atoms with van der Waals surface area (Å²) < 4.78 is 6.74. The van der Waals surface area contributed by atoms with Gasteiger partial charge in [-0.2, -0.15) is 0 Å². The van der Waals surface area contributed by atoms with E-state index in [-0.39, 0.29) is 5.60 Å². The molecule has 0 aromatic heterocycles. The van der Waals surface area contributed by atoms with Gasteiger partial charge in [0.15, 0.2) is 0 Å². The van der Waals surface area contributed by atoms with E-state index in [1.165, 1.54) is 57.8 Å². The normalized spacial score (nSPS) is 34.0. The Morgan fingerprint density at radius 3 is 2.25 bits per heavy atom. The molecule has 0 heterocycles. The zero-order valence-corrected chi connectivity index (χ0v) is 13.9. The highest BCUT2D eigenvalue weighted by atomic mass is 16.5. The third-order valence-corrected chi connectivity index (χ3v) is 5.19. The Balaban J connectivity index is 1.92. The molecule has 118 valence electrons.